The molecule has 25 heavy (non-hydrogen) atoms. The Bertz CT molecular complexity index is 891. The second kappa shape index (κ2) is 6.73. The lowest BCUT2D eigenvalue weighted by atomic mass is 10.00. The zero-order valence-corrected chi connectivity index (χ0v) is 14.4. The predicted octanol–water partition coefficient (Wildman–Crippen LogP) is 3.59. The molecule has 4 nitrogen and oxygen atoms in total. The van der Waals surface area contributed by atoms with Crippen molar-refractivity contribution in [3.63, 3.8) is 0 Å². The summed E-state index contributed by atoms with van der Waals surface area (Å²) in [5.41, 5.74) is 4.82. The van der Waals surface area contributed by atoms with E-state index < -0.39 is 6.10 Å². The van der Waals surface area contributed by atoms with Gasteiger partial charge in [-0.15, -0.1) is 0 Å². The van der Waals surface area contributed by atoms with E-state index in [1.54, 1.807) is 6.92 Å². The molecule has 0 saturated carbocycles. The Morgan fingerprint density at radius 1 is 1.12 bits per heavy atom. The maximum absolute atomic E-state index is 9.62. The van der Waals surface area contributed by atoms with Crippen molar-refractivity contribution in [2.75, 3.05) is 23.3 Å². The van der Waals surface area contributed by atoms with Gasteiger partial charge in [0.25, 0.3) is 0 Å². The van der Waals surface area contributed by atoms with E-state index in [2.05, 4.69) is 46.6 Å². The number of rotatable bonds is 4. The van der Waals surface area contributed by atoms with E-state index >= 15 is 0 Å². The molecule has 1 aliphatic heterocycles. The molecule has 4 heteroatoms. The average Bonchev–Trinajstić information content (AvgIpc) is 2.65. The molecule has 1 aliphatic rings. The second-order valence-electron chi connectivity index (χ2n) is 6.72. The molecule has 2 aromatic carbocycles. The molecule has 3 aromatic rings. The third-order valence-electron chi connectivity index (χ3n) is 4.75. The van der Waals surface area contributed by atoms with Crippen LogP contribution in [0.25, 0.3) is 10.9 Å². The van der Waals surface area contributed by atoms with Crippen molar-refractivity contribution < 1.29 is 5.11 Å². The van der Waals surface area contributed by atoms with E-state index in [9.17, 15) is 5.11 Å². The molecule has 0 radical (unpaired) electrons. The number of nitrogens with zero attached hydrogens (tertiary/aromatic N) is 2. The van der Waals surface area contributed by atoms with Gasteiger partial charge in [-0.25, -0.2) is 4.98 Å². The Kier molecular flexibility index (Phi) is 4.28. The molecular formula is C21H23N3O. The largest absolute Gasteiger partial charge is 0.392 e. The first-order valence-corrected chi connectivity index (χ1v) is 8.84. The Morgan fingerprint density at radius 3 is 2.72 bits per heavy atom. The third kappa shape index (κ3) is 3.30. The highest BCUT2D eigenvalue weighted by atomic mass is 16.3. The van der Waals surface area contributed by atoms with Crippen LogP contribution >= 0.6 is 0 Å². The van der Waals surface area contributed by atoms with Gasteiger partial charge in [-0.3, -0.25) is 0 Å². The van der Waals surface area contributed by atoms with Gasteiger partial charge >= 0.3 is 0 Å². The maximum atomic E-state index is 9.62. The number of para-hydroxylation sites is 1. The van der Waals surface area contributed by atoms with Crippen LogP contribution in [0.2, 0.25) is 0 Å². The number of aromatic nitrogens is 1. The lowest BCUT2D eigenvalue weighted by molar-refractivity contribution is 0.208. The van der Waals surface area contributed by atoms with Crippen LogP contribution in [0.3, 0.4) is 0 Å². The van der Waals surface area contributed by atoms with Gasteiger partial charge in [-0.2, -0.15) is 0 Å². The number of anilines is 2. The minimum absolute atomic E-state index is 0.391. The molecule has 0 aliphatic carbocycles. The van der Waals surface area contributed by atoms with Gasteiger partial charge in [-0.05, 0) is 30.5 Å². The molecule has 2 N–H and O–H groups in total. The lowest BCUT2D eigenvalue weighted by Gasteiger charge is -2.30. The summed E-state index contributed by atoms with van der Waals surface area (Å²) in [7, 11) is 0. The Morgan fingerprint density at radius 2 is 1.88 bits per heavy atom. The van der Waals surface area contributed by atoms with E-state index in [0.29, 0.717) is 6.54 Å². The van der Waals surface area contributed by atoms with Gasteiger partial charge in [0.05, 0.1) is 11.6 Å². The molecule has 2 heterocycles. The summed E-state index contributed by atoms with van der Waals surface area (Å²) in [6.07, 6.45) is 0.651. The number of aliphatic hydroxyl groups excluding tert-OH is 1. The Labute approximate surface area is 148 Å². The molecule has 4 rings (SSSR count). The minimum Gasteiger partial charge on any atom is -0.392 e. The summed E-state index contributed by atoms with van der Waals surface area (Å²) in [6.45, 7) is 4.17. The van der Waals surface area contributed by atoms with E-state index in [4.69, 9.17) is 4.98 Å². The van der Waals surface area contributed by atoms with Crippen molar-refractivity contribution in [3.05, 3.63) is 65.7 Å². The standard InChI is InChI=1S/C21H23N3O/c1-15(25)13-22-20-12-21(23-19-9-5-4-8-18(19)20)24-11-10-16-6-2-3-7-17(16)14-24/h2-9,12,15,25H,10-11,13-14H2,1H3,(H,22,23). The van der Waals surface area contributed by atoms with Crippen molar-refractivity contribution in [3.8, 4) is 0 Å². The molecule has 0 saturated heterocycles. The van der Waals surface area contributed by atoms with Crippen LogP contribution in [-0.2, 0) is 13.0 Å². The molecule has 1 aromatic heterocycles. The van der Waals surface area contributed by atoms with Gasteiger partial charge < -0.3 is 15.3 Å². The molecule has 0 spiro atoms. The first-order valence-electron chi connectivity index (χ1n) is 8.84. The maximum Gasteiger partial charge on any atom is 0.131 e. The third-order valence-corrected chi connectivity index (χ3v) is 4.75. The van der Waals surface area contributed by atoms with Crippen molar-refractivity contribution in [2.45, 2.75) is 26.0 Å². The fraction of sp³-hybridized carbons (Fsp3) is 0.286. The van der Waals surface area contributed by atoms with E-state index in [1.807, 2.05) is 18.2 Å². The zero-order chi connectivity index (χ0) is 17.2. The number of nitrogens with one attached hydrogen (secondary N) is 1. The number of hydrogen-bond acceptors (Lipinski definition) is 4. The van der Waals surface area contributed by atoms with Crippen molar-refractivity contribution in [1.82, 2.24) is 4.98 Å². The van der Waals surface area contributed by atoms with Crippen LogP contribution in [0.15, 0.2) is 54.6 Å². The summed E-state index contributed by atoms with van der Waals surface area (Å²) in [5, 5.41) is 14.1. The van der Waals surface area contributed by atoms with Crippen molar-refractivity contribution in [2.24, 2.45) is 0 Å². The normalized spacial score (nSPS) is 15.0. The van der Waals surface area contributed by atoms with Crippen molar-refractivity contribution >= 4 is 22.4 Å². The molecule has 1 unspecified atom stereocenters. The highest BCUT2D eigenvalue weighted by molar-refractivity contribution is 5.93. The van der Waals surface area contributed by atoms with Crippen molar-refractivity contribution in [1.29, 1.82) is 0 Å². The number of aliphatic hydroxyl groups is 1. The summed E-state index contributed by atoms with van der Waals surface area (Å²) < 4.78 is 0. The Hall–Kier alpha value is -2.59. The molecular weight excluding hydrogens is 310 g/mol. The summed E-state index contributed by atoms with van der Waals surface area (Å²) >= 11 is 0. The van der Waals surface area contributed by atoms with E-state index in [-0.39, 0.29) is 0 Å². The SMILES string of the molecule is CC(O)CNc1cc(N2CCc3ccccc3C2)nc2ccccc12. The van der Waals surface area contributed by atoms with Gasteiger partial charge in [0.1, 0.15) is 5.82 Å². The smallest absolute Gasteiger partial charge is 0.131 e. The van der Waals surface area contributed by atoms with Crippen LogP contribution in [0.4, 0.5) is 11.5 Å². The van der Waals surface area contributed by atoms with Gasteiger partial charge in [0, 0.05) is 36.8 Å². The number of fused-ring (bicyclic) bond motifs is 2. The molecule has 0 bridgehead atoms. The number of hydrogen-bond donors (Lipinski definition) is 2. The molecule has 1 atom stereocenters. The molecule has 0 fully saturated rings. The molecule has 128 valence electrons. The monoisotopic (exact) mass is 333 g/mol. The summed E-state index contributed by atoms with van der Waals surface area (Å²) in [4.78, 5) is 7.22. The van der Waals surface area contributed by atoms with E-state index in [1.165, 1.54) is 11.1 Å². The fourth-order valence-electron chi connectivity index (χ4n) is 3.42. The summed E-state index contributed by atoms with van der Waals surface area (Å²) in [5.74, 6) is 0.987. The van der Waals surface area contributed by atoms with Crippen LogP contribution in [-0.4, -0.2) is 29.3 Å². The predicted molar refractivity (Wildman–Crippen MR) is 103 cm³/mol. The van der Waals surface area contributed by atoms with Gasteiger partial charge in [0.2, 0.25) is 0 Å². The van der Waals surface area contributed by atoms with Crippen LogP contribution < -0.4 is 10.2 Å². The van der Waals surface area contributed by atoms with Crippen LogP contribution in [0, 0.1) is 0 Å². The first kappa shape index (κ1) is 15.9. The lowest BCUT2D eigenvalue weighted by Crippen LogP contribution is -2.31. The second-order valence-corrected chi connectivity index (χ2v) is 6.72. The fourth-order valence-corrected chi connectivity index (χ4v) is 3.42. The van der Waals surface area contributed by atoms with E-state index in [0.717, 1.165) is 41.9 Å². The molecule has 0 amide bonds. The highest BCUT2D eigenvalue weighted by Gasteiger charge is 2.18. The quantitative estimate of drug-likeness (QED) is 0.766. The first-order chi connectivity index (χ1) is 12.2. The van der Waals surface area contributed by atoms with Gasteiger partial charge in [0.15, 0.2) is 0 Å². The topological polar surface area (TPSA) is 48.4 Å². The number of benzene rings is 2. The van der Waals surface area contributed by atoms with Gasteiger partial charge in [-0.1, -0.05) is 42.5 Å². The number of pyridine rings is 1. The highest BCUT2D eigenvalue weighted by Crippen LogP contribution is 2.30. The Balaban J connectivity index is 1.70. The minimum atomic E-state index is -0.391. The summed E-state index contributed by atoms with van der Waals surface area (Å²) in [6, 6.07) is 18.9. The van der Waals surface area contributed by atoms with Crippen LogP contribution in [0.1, 0.15) is 18.1 Å². The average molecular weight is 333 g/mol. The van der Waals surface area contributed by atoms with Crippen LogP contribution in [0.5, 0.6) is 0 Å². The zero-order valence-electron chi connectivity index (χ0n) is 14.4.